The van der Waals surface area contributed by atoms with Crippen LogP contribution in [0.15, 0.2) is 0 Å². The average Bonchev–Trinajstić information content (AvgIpc) is 2.79. The number of nitrogens with zero attached hydrogens (tertiary/aromatic N) is 4. The number of carbonyl (C=O) groups is 1. The number of nitrogens with one attached hydrogen (secondary N) is 2. The molecule has 2 aliphatic heterocycles. The minimum Gasteiger partial charge on any atom is -0.337 e. The summed E-state index contributed by atoms with van der Waals surface area (Å²) in [4.78, 5) is 14.5. The number of piperidine rings is 1. The Balaban J connectivity index is 1.38. The number of carbonyl (C=O) groups excluding carboxylic acids is 1. The first-order chi connectivity index (χ1) is 12.1. The summed E-state index contributed by atoms with van der Waals surface area (Å²) in [7, 11) is 0. The third-order valence-corrected chi connectivity index (χ3v) is 5.25. The maximum Gasteiger partial charge on any atom is 0.315 e. The first kappa shape index (κ1) is 18.2. The summed E-state index contributed by atoms with van der Waals surface area (Å²) in [5, 5.41) is 14.4. The van der Waals surface area contributed by atoms with E-state index in [4.69, 9.17) is 0 Å². The SMILES string of the molecule is C[C@@H]1C[C@H](C)CN(CCNC(=O)NCc2nnc3n2CCCCC3)C1. The lowest BCUT2D eigenvalue weighted by molar-refractivity contribution is 0.142. The fraction of sp³-hybridized carbons (Fsp3) is 0.833. The lowest BCUT2D eigenvalue weighted by Crippen LogP contribution is -2.44. The van der Waals surface area contributed by atoms with E-state index in [2.05, 4.69) is 44.1 Å². The highest BCUT2D eigenvalue weighted by Gasteiger charge is 2.21. The molecule has 25 heavy (non-hydrogen) atoms. The minimum absolute atomic E-state index is 0.121. The van der Waals surface area contributed by atoms with Crippen molar-refractivity contribution in [2.24, 2.45) is 11.8 Å². The van der Waals surface area contributed by atoms with Gasteiger partial charge in [-0.2, -0.15) is 0 Å². The van der Waals surface area contributed by atoms with Crippen molar-refractivity contribution >= 4 is 6.03 Å². The number of hydrogen-bond donors (Lipinski definition) is 2. The predicted octanol–water partition coefficient (Wildman–Crippen LogP) is 1.78. The van der Waals surface area contributed by atoms with Crippen LogP contribution >= 0.6 is 0 Å². The fourth-order valence-corrected chi connectivity index (χ4v) is 4.20. The molecule has 2 amide bonds. The first-order valence-corrected chi connectivity index (χ1v) is 9.77. The number of fused-ring (bicyclic) bond motifs is 1. The van der Waals surface area contributed by atoms with Crippen LogP contribution < -0.4 is 10.6 Å². The second kappa shape index (κ2) is 8.65. The van der Waals surface area contributed by atoms with E-state index < -0.39 is 0 Å². The van der Waals surface area contributed by atoms with Crippen molar-refractivity contribution < 1.29 is 4.79 Å². The molecule has 1 fully saturated rings. The van der Waals surface area contributed by atoms with Crippen molar-refractivity contribution in [3.63, 3.8) is 0 Å². The summed E-state index contributed by atoms with van der Waals surface area (Å²) in [5.74, 6) is 3.43. The molecule has 3 rings (SSSR count). The molecule has 2 N–H and O–H groups in total. The molecule has 7 heteroatoms. The Bertz CT molecular complexity index is 562. The van der Waals surface area contributed by atoms with Gasteiger partial charge >= 0.3 is 6.03 Å². The van der Waals surface area contributed by atoms with Crippen molar-refractivity contribution in [1.82, 2.24) is 30.3 Å². The van der Waals surface area contributed by atoms with Crippen LogP contribution in [-0.4, -0.2) is 51.9 Å². The molecule has 3 heterocycles. The molecule has 7 nitrogen and oxygen atoms in total. The standard InChI is InChI=1S/C18H32N6O/c1-14-10-15(2)13-23(12-14)9-7-19-18(25)20-11-17-22-21-16-6-4-3-5-8-24(16)17/h14-15H,3-13H2,1-2H3,(H2,19,20,25)/t14-,15+. The van der Waals surface area contributed by atoms with Gasteiger partial charge in [-0.15, -0.1) is 10.2 Å². The van der Waals surface area contributed by atoms with Crippen molar-refractivity contribution in [2.75, 3.05) is 26.2 Å². The molecule has 0 saturated carbocycles. The number of likely N-dealkylation sites (tertiary alicyclic amines) is 1. The second-order valence-corrected chi connectivity index (χ2v) is 7.81. The highest BCUT2D eigenvalue weighted by atomic mass is 16.2. The first-order valence-electron chi connectivity index (χ1n) is 9.77. The number of rotatable bonds is 5. The molecular formula is C18H32N6O. The highest BCUT2D eigenvalue weighted by molar-refractivity contribution is 5.73. The maximum atomic E-state index is 12.0. The molecule has 0 aromatic carbocycles. The zero-order valence-electron chi connectivity index (χ0n) is 15.6. The number of aryl methyl sites for hydroxylation is 1. The third-order valence-electron chi connectivity index (χ3n) is 5.25. The Morgan fingerprint density at radius 1 is 1.12 bits per heavy atom. The van der Waals surface area contributed by atoms with E-state index in [9.17, 15) is 4.79 Å². The Kier molecular flexibility index (Phi) is 6.29. The maximum absolute atomic E-state index is 12.0. The van der Waals surface area contributed by atoms with Crippen LogP contribution in [0, 0.1) is 11.8 Å². The third kappa shape index (κ3) is 5.17. The van der Waals surface area contributed by atoms with Crippen LogP contribution in [0.5, 0.6) is 0 Å². The average molecular weight is 348 g/mol. The topological polar surface area (TPSA) is 75.1 Å². The molecule has 140 valence electrons. The molecule has 1 aromatic heterocycles. The van der Waals surface area contributed by atoms with Gasteiger partial charge in [-0.3, -0.25) is 0 Å². The van der Waals surface area contributed by atoms with Crippen molar-refractivity contribution in [1.29, 1.82) is 0 Å². The van der Waals surface area contributed by atoms with Gasteiger partial charge in [0, 0.05) is 39.1 Å². The monoisotopic (exact) mass is 348 g/mol. The quantitative estimate of drug-likeness (QED) is 0.851. The Hall–Kier alpha value is -1.63. The van der Waals surface area contributed by atoms with E-state index in [0.717, 1.165) is 62.5 Å². The molecule has 2 aliphatic rings. The predicted molar refractivity (Wildman–Crippen MR) is 97.2 cm³/mol. The van der Waals surface area contributed by atoms with Gasteiger partial charge in [0.15, 0.2) is 5.82 Å². The normalized spacial score (nSPS) is 24.4. The van der Waals surface area contributed by atoms with E-state index >= 15 is 0 Å². The summed E-state index contributed by atoms with van der Waals surface area (Å²) < 4.78 is 2.17. The lowest BCUT2D eigenvalue weighted by Gasteiger charge is -2.34. The van der Waals surface area contributed by atoms with Gasteiger partial charge in [0.05, 0.1) is 6.54 Å². The number of hydrogen-bond acceptors (Lipinski definition) is 4. The molecule has 0 aliphatic carbocycles. The van der Waals surface area contributed by atoms with Crippen LogP contribution in [0.2, 0.25) is 0 Å². The van der Waals surface area contributed by atoms with Crippen molar-refractivity contribution in [3.8, 4) is 0 Å². The number of urea groups is 1. The van der Waals surface area contributed by atoms with Crippen LogP contribution in [-0.2, 0) is 19.5 Å². The molecule has 1 saturated heterocycles. The summed E-state index contributed by atoms with van der Waals surface area (Å²) in [6.45, 7) is 9.90. The van der Waals surface area contributed by atoms with Gasteiger partial charge in [-0.05, 0) is 31.1 Å². The summed E-state index contributed by atoms with van der Waals surface area (Å²) in [5.41, 5.74) is 0. The highest BCUT2D eigenvalue weighted by Crippen LogP contribution is 2.20. The van der Waals surface area contributed by atoms with E-state index in [1.54, 1.807) is 0 Å². The van der Waals surface area contributed by atoms with E-state index in [1.165, 1.54) is 19.3 Å². The summed E-state index contributed by atoms with van der Waals surface area (Å²) in [6.07, 6.45) is 5.89. The molecule has 2 atom stereocenters. The zero-order chi connectivity index (χ0) is 17.6. The summed E-state index contributed by atoms with van der Waals surface area (Å²) in [6, 6.07) is -0.121. The van der Waals surface area contributed by atoms with Gasteiger partial charge in [0.2, 0.25) is 0 Å². The molecule has 0 spiro atoms. The Morgan fingerprint density at radius 3 is 2.72 bits per heavy atom. The molecule has 1 aromatic rings. The van der Waals surface area contributed by atoms with Crippen LogP contribution in [0.1, 0.15) is 51.2 Å². The molecule has 0 bridgehead atoms. The molecule has 0 radical (unpaired) electrons. The number of aromatic nitrogens is 3. The zero-order valence-corrected chi connectivity index (χ0v) is 15.6. The van der Waals surface area contributed by atoms with Gasteiger partial charge in [-0.25, -0.2) is 4.79 Å². The van der Waals surface area contributed by atoms with Crippen molar-refractivity contribution in [2.45, 2.75) is 59.0 Å². The van der Waals surface area contributed by atoms with Crippen LogP contribution in [0.25, 0.3) is 0 Å². The minimum atomic E-state index is -0.121. The largest absolute Gasteiger partial charge is 0.337 e. The fourth-order valence-electron chi connectivity index (χ4n) is 4.20. The van der Waals surface area contributed by atoms with Gasteiger partial charge in [0.25, 0.3) is 0 Å². The smallest absolute Gasteiger partial charge is 0.315 e. The Morgan fingerprint density at radius 2 is 1.92 bits per heavy atom. The van der Waals surface area contributed by atoms with Gasteiger partial charge in [0.1, 0.15) is 5.82 Å². The van der Waals surface area contributed by atoms with Gasteiger partial charge in [-0.1, -0.05) is 20.3 Å². The molecule has 0 unspecified atom stereocenters. The summed E-state index contributed by atoms with van der Waals surface area (Å²) >= 11 is 0. The van der Waals surface area contributed by atoms with Crippen LogP contribution in [0.4, 0.5) is 4.79 Å². The Labute approximate surface area is 150 Å². The van der Waals surface area contributed by atoms with E-state index in [-0.39, 0.29) is 6.03 Å². The van der Waals surface area contributed by atoms with Crippen LogP contribution in [0.3, 0.4) is 0 Å². The van der Waals surface area contributed by atoms with Crippen molar-refractivity contribution in [3.05, 3.63) is 11.6 Å². The number of amides is 2. The van der Waals surface area contributed by atoms with E-state index in [1.807, 2.05) is 0 Å². The molecular weight excluding hydrogens is 316 g/mol. The lowest BCUT2D eigenvalue weighted by atomic mass is 9.92. The van der Waals surface area contributed by atoms with E-state index in [0.29, 0.717) is 13.1 Å². The van der Waals surface area contributed by atoms with Gasteiger partial charge < -0.3 is 20.1 Å². The second-order valence-electron chi connectivity index (χ2n) is 7.81.